The Hall–Kier alpha value is -3.73. The molecule has 3 aromatic carbocycles. The summed E-state index contributed by atoms with van der Waals surface area (Å²) in [5.74, 6) is -1.75. The minimum Gasteiger partial charge on any atom is -0.478 e. The molecule has 0 amide bonds. The van der Waals surface area contributed by atoms with Gasteiger partial charge >= 0.3 is 5.97 Å². The molecule has 0 aliphatic heterocycles. The molecular weight excluding hydrogens is 332 g/mol. The Kier molecular flexibility index (Phi) is 4.90. The highest BCUT2D eigenvalue weighted by Gasteiger charge is 2.21. The average molecular weight is 346 g/mol. The van der Waals surface area contributed by atoms with Crippen molar-refractivity contribution in [1.29, 1.82) is 0 Å². The Morgan fingerprint density at radius 1 is 0.654 bits per heavy atom. The Labute approximate surface area is 149 Å². The molecule has 0 radical (unpaired) electrons. The standard InChI is InChI=1S/C21H14O5/c22-19(14-6-2-1-3-7-14)20(23)17-8-4-5-9-18(17)26-16-12-10-15(11-13-16)21(24)25/h1-13H,(H,24,25). The van der Waals surface area contributed by atoms with Crippen LogP contribution in [0, 0.1) is 0 Å². The number of rotatable bonds is 6. The molecule has 5 nitrogen and oxygen atoms in total. The van der Waals surface area contributed by atoms with Gasteiger partial charge in [0.25, 0.3) is 0 Å². The summed E-state index contributed by atoms with van der Waals surface area (Å²) < 4.78 is 5.69. The number of carbonyl (C=O) groups excluding carboxylic acids is 2. The third-order valence-corrected chi connectivity index (χ3v) is 3.70. The summed E-state index contributed by atoms with van der Waals surface area (Å²) in [6.45, 7) is 0. The van der Waals surface area contributed by atoms with Crippen LogP contribution in [-0.2, 0) is 0 Å². The highest BCUT2D eigenvalue weighted by Crippen LogP contribution is 2.26. The number of Topliss-reactive ketones (excluding diaryl/α,β-unsaturated/α-hetero) is 2. The molecule has 128 valence electrons. The molecule has 3 rings (SSSR count). The van der Waals surface area contributed by atoms with Crippen LogP contribution in [0.25, 0.3) is 0 Å². The maximum atomic E-state index is 12.6. The number of para-hydroxylation sites is 1. The van der Waals surface area contributed by atoms with Crippen LogP contribution in [0.1, 0.15) is 31.1 Å². The van der Waals surface area contributed by atoms with Gasteiger partial charge in [-0.25, -0.2) is 4.79 Å². The summed E-state index contributed by atoms with van der Waals surface area (Å²) in [5.41, 5.74) is 0.572. The van der Waals surface area contributed by atoms with E-state index in [0.29, 0.717) is 11.3 Å². The summed E-state index contributed by atoms with van der Waals surface area (Å²) in [6, 6.07) is 20.5. The summed E-state index contributed by atoms with van der Waals surface area (Å²) >= 11 is 0. The van der Waals surface area contributed by atoms with E-state index in [9.17, 15) is 14.4 Å². The molecule has 0 atom stereocenters. The first kappa shape index (κ1) is 17.1. The predicted molar refractivity (Wildman–Crippen MR) is 95.0 cm³/mol. The Bertz CT molecular complexity index is 959. The number of aromatic carboxylic acids is 1. The van der Waals surface area contributed by atoms with Gasteiger partial charge in [-0.2, -0.15) is 0 Å². The van der Waals surface area contributed by atoms with E-state index >= 15 is 0 Å². The Balaban J connectivity index is 1.87. The van der Waals surface area contributed by atoms with Crippen molar-refractivity contribution in [3.63, 3.8) is 0 Å². The zero-order valence-corrected chi connectivity index (χ0v) is 13.6. The summed E-state index contributed by atoms with van der Waals surface area (Å²) in [7, 11) is 0. The SMILES string of the molecule is O=C(O)c1ccc(Oc2ccccc2C(=O)C(=O)c2ccccc2)cc1. The molecule has 5 heteroatoms. The van der Waals surface area contributed by atoms with Crippen LogP contribution in [0.5, 0.6) is 11.5 Å². The van der Waals surface area contributed by atoms with E-state index in [4.69, 9.17) is 9.84 Å². The lowest BCUT2D eigenvalue weighted by Gasteiger charge is -2.10. The largest absolute Gasteiger partial charge is 0.478 e. The number of hydrogen-bond donors (Lipinski definition) is 1. The fourth-order valence-electron chi connectivity index (χ4n) is 2.38. The molecule has 3 aromatic rings. The fraction of sp³-hybridized carbons (Fsp3) is 0. The molecule has 0 heterocycles. The van der Waals surface area contributed by atoms with Crippen molar-refractivity contribution in [2.24, 2.45) is 0 Å². The van der Waals surface area contributed by atoms with E-state index in [2.05, 4.69) is 0 Å². The minimum absolute atomic E-state index is 0.126. The number of carboxylic acid groups (broad SMARTS) is 1. The molecular formula is C21H14O5. The molecule has 0 saturated carbocycles. The second-order valence-corrected chi connectivity index (χ2v) is 5.45. The fourth-order valence-corrected chi connectivity index (χ4v) is 2.38. The van der Waals surface area contributed by atoms with Gasteiger partial charge in [-0.15, -0.1) is 0 Å². The smallest absolute Gasteiger partial charge is 0.335 e. The Morgan fingerprint density at radius 3 is 1.92 bits per heavy atom. The van der Waals surface area contributed by atoms with Gasteiger partial charge in [0, 0.05) is 5.56 Å². The van der Waals surface area contributed by atoms with E-state index in [1.54, 1.807) is 48.5 Å². The average Bonchev–Trinajstić information content (AvgIpc) is 2.68. The van der Waals surface area contributed by atoms with Crippen molar-refractivity contribution >= 4 is 17.5 Å². The van der Waals surface area contributed by atoms with Crippen LogP contribution in [0.3, 0.4) is 0 Å². The van der Waals surface area contributed by atoms with Gasteiger partial charge in [0.2, 0.25) is 11.6 Å². The molecule has 0 unspecified atom stereocenters. The van der Waals surface area contributed by atoms with Crippen molar-refractivity contribution in [1.82, 2.24) is 0 Å². The molecule has 0 spiro atoms. The van der Waals surface area contributed by atoms with Crippen LogP contribution in [0.15, 0.2) is 78.9 Å². The van der Waals surface area contributed by atoms with E-state index in [1.807, 2.05) is 0 Å². The number of carbonyl (C=O) groups is 3. The van der Waals surface area contributed by atoms with E-state index < -0.39 is 17.5 Å². The highest BCUT2D eigenvalue weighted by molar-refractivity contribution is 6.49. The van der Waals surface area contributed by atoms with E-state index in [0.717, 1.165) is 0 Å². The predicted octanol–water partition coefficient (Wildman–Crippen LogP) is 4.24. The number of ketones is 2. The monoisotopic (exact) mass is 346 g/mol. The van der Waals surface area contributed by atoms with Gasteiger partial charge in [-0.3, -0.25) is 9.59 Å². The van der Waals surface area contributed by atoms with Crippen molar-refractivity contribution < 1.29 is 24.2 Å². The first-order chi connectivity index (χ1) is 12.6. The lowest BCUT2D eigenvalue weighted by molar-refractivity contribution is 0.0696. The number of carboxylic acids is 1. The van der Waals surface area contributed by atoms with Crippen LogP contribution >= 0.6 is 0 Å². The summed E-state index contributed by atoms with van der Waals surface area (Å²) in [5, 5.41) is 8.93. The third kappa shape index (κ3) is 3.67. The molecule has 1 N–H and O–H groups in total. The molecule has 0 aliphatic carbocycles. The first-order valence-electron chi connectivity index (χ1n) is 7.80. The van der Waals surface area contributed by atoms with Crippen LogP contribution in [0.2, 0.25) is 0 Å². The van der Waals surface area contributed by atoms with Crippen LogP contribution in [0.4, 0.5) is 0 Å². The number of benzene rings is 3. The lowest BCUT2D eigenvalue weighted by Crippen LogP contribution is -2.15. The third-order valence-electron chi connectivity index (χ3n) is 3.70. The van der Waals surface area contributed by atoms with E-state index in [1.165, 1.54) is 30.3 Å². The lowest BCUT2D eigenvalue weighted by atomic mass is 10.0. The molecule has 0 fully saturated rings. The maximum absolute atomic E-state index is 12.6. The van der Waals surface area contributed by atoms with Gasteiger partial charge in [-0.1, -0.05) is 42.5 Å². The molecule has 0 saturated heterocycles. The second kappa shape index (κ2) is 7.44. The molecule has 26 heavy (non-hydrogen) atoms. The van der Waals surface area contributed by atoms with Gasteiger partial charge < -0.3 is 9.84 Å². The normalized spacial score (nSPS) is 10.2. The Morgan fingerprint density at radius 2 is 1.27 bits per heavy atom. The highest BCUT2D eigenvalue weighted by atomic mass is 16.5. The van der Waals surface area contributed by atoms with Crippen molar-refractivity contribution in [3.05, 3.63) is 95.6 Å². The first-order valence-corrected chi connectivity index (χ1v) is 7.80. The minimum atomic E-state index is -1.04. The van der Waals surface area contributed by atoms with Crippen LogP contribution < -0.4 is 4.74 Å². The van der Waals surface area contributed by atoms with E-state index in [-0.39, 0.29) is 16.9 Å². The van der Waals surface area contributed by atoms with Crippen molar-refractivity contribution in [2.45, 2.75) is 0 Å². The van der Waals surface area contributed by atoms with Crippen LogP contribution in [-0.4, -0.2) is 22.6 Å². The maximum Gasteiger partial charge on any atom is 0.335 e. The summed E-state index contributed by atoms with van der Waals surface area (Å²) in [4.78, 5) is 35.9. The van der Waals surface area contributed by atoms with Crippen molar-refractivity contribution in [2.75, 3.05) is 0 Å². The topological polar surface area (TPSA) is 80.7 Å². The molecule has 0 aliphatic rings. The zero-order chi connectivity index (χ0) is 18.5. The van der Waals surface area contributed by atoms with Gasteiger partial charge in [0.15, 0.2) is 0 Å². The van der Waals surface area contributed by atoms with Crippen molar-refractivity contribution in [3.8, 4) is 11.5 Å². The molecule has 0 aromatic heterocycles. The van der Waals surface area contributed by atoms with Gasteiger partial charge in [0.05, 0.1) is 11.1 Å². The second-order valence-electron chi connectivity index (χ2n) is 5.45. The van der Waals surface area contributed by atoms with Gasteiger partial charge in [0.1, 0.15) is 11.5 Å². The quantitative estimate of drug-likeness (QED) is 0.533. The number of ether oxygens (including phenoxy) is 1. The summed E-state index contributed by atoms with van der Waals surface area (Å²) in [6.07, 6.45) is 0. The number of hydrogen-bond acceptors (Lipinski definition) is 4. The van der Waals surface area contributed by atoms with Gasteiger partial charge in [-0.05, 0) is 36.4 Å². The molecule has 0 bridgehead atoms. The zero-order valence-electron chi connectivity index (χ0n) is 13.6.